The highest BCUT2D eigenvalue weighted by Gasteiger charge is 2.30. The van der Waals surface area contributed by atoms with Crippen LogP contribution in [-0.2, 0) is 12.8 Å². The van der Waals surface area contributed by atoms with E-state index in [-0.39, 0.29) is 0 Å². The smallest absolute Gasteiger partial charge is 0.0431 e. The monoisotopic (exact) mass is 390 g/mol. The maximum absolute atomic E-state index is 2.70. The molecule has 0 radical (unpaired) electrons. The molecule has 0 atom stereocenters. The van der Waals surface area contributed by atoms with Gasteiger partial charge in [0.05, 0.1) is 0 Å². The van der Waals surface area contributed by atoms with Crippen LogP contribution in [0.2, 0.25) is 0 Å². The van der Waals surface area contributed by atoms with Gasteiger partial charge in [0.2, 0.25) is 0 Å². The van der Waals surface area contributed by atoms with Crippen molar-refractivity contribution >= 4 is 11.4 Å². The van der Waals surface area contributed by atoms with Gasteiger partial charge in [-0.2, -0.15) is 0 Å². The quantitative estimate of drug-likeness (QED) is 0.595. The minimum absolute atomic E-state index is 0.922. The molecule has 0 N–H and O–H groups in total. The molecule has 0 spiro atoms. The lowest BCUT2D eigenvalue weighted by molar-refractivity contribution is 0.233. The summed E-state index contributed by atoms with van der Waals surface area (Å²) in [6.45, 7) is 11.7. The number of hydrogen-bond acceptors (Lipinski definition) is 2. The van der Waals surface area contributed by atoms with Crippen molar-refractivity contribution in [3.63, 3.8) is 0 Å². The van der Waals surface area contributed by atoms with Gasteiger partial charge in [-0.15, -0.1) is 0 Å². The summed E-state index contributed by atoms with van der Waals surface area (Å²) in [7, 11) is 0. The van der Waals surface area contributed by atoms with Crippen LogP contribution in [0.15, 0.2) is 42.5 Å². The van der Waals surface area contributed by atoms with Crippen LogP contribution in [-0.4, -0.2) is 26.2 Å². The summed E-state index contributed by atoms with van der Waals surface area (Å²) in [5.74, 6) is 1.84. The van der Waals surface area contributed by atoms with Crippen LogP contribution in [0.4, 0.5) is 11.4 Å². The number of nitrogens with zero attached hydrogens (tertiary/aromatic N) is 2. The first-order chi connectivity index (χ1) is 14.2. The summed E-state index contributed by atoms with van der Waals surface area (Å²) in [5.41, 5.74) is 7.40. The van der Waals surface area contributed by atoms with Crippen LogP contribution in [0.25, 0.3) is 0 Å². The zero-order valence-electron chi connectivity index (χ0n) is 18.7. The van der Waals surface area contributed by atoms with Crippen molar-refractivity contribution in [1.82, 2.24) is 0 Å². The van der Waals surface area contributed by atoms with Gasteiger partial charge >= 0.3 is 0 Å². The second-order valence-corrected chi connectivity index (χ2v) is 9.12. The van der Waals surface area contributed by atoms with Crippen LogP contribution >= 0.6 is 0 Å². The third-order valence-electron chi connectivity index (χ3n) is 7.43. The van der Waals surface area contributed by atoms with Crippen LogP contribution in [0.1, 0.15) is 56.2 Å². The molecule has 0 aliphatic carbocycles. The Morgan fingerprint density at radius 3 is 1.66 bits per heavy atom. The van der Waals surface area contributed by atoms with Gasteiger partial charge in [0.25, 0.3) is 0 Å². The predicted octanol–water partition coefficient (Wildman–Crippen LogP) is 6.25. The molecular weight excluding hydrogens is 352 g/mol. The van der Waals surface area contributed by atoms with Gasteiger partial charge in [0.1, 0.15) is 0 Å². The first kappa shape index (κ1) is 20.3. The van der Waals surface area contributed by atoms with E-state index in [0.29, 0.717) is 0 Å². The summed E-state index contributed by atoms with van der Waals surface area (Å²) in [4.78, 5) is 5.30. The van der Waals surface area contributed by atoms with E-state index in [1.165, 1.54) is 74.2 Å². The molecule has 29 heavy (non-hydrogen) atoms. The number of aryl methyl sites for hydroxylation is 3. The van der Waals surface area contributed by atoms with Crippen molar-refractivity contribution in [3.8, 4) is 0 Å². The molecule has 156 valence electrons. The Kier molecular flexibility index (Phi) is 6.47. The number of rotatable bonds is 5. The van der Waals surface area contributed by atoms with E-state index in [1.807, 2.05) is 0 Å². The van der Waals surface area contributed by atoms with E-state index in [2.05, 4.69) is 73.0 Å². The Morgan fingerprint density at radius 2 is 1.17 bits per heavy atom. The van der Waals surface area contributed by atoms with E-state index in [4.69, 9.17) is 0 Å². The Morgan fingerprint density at radius 1 is 0.690 bits per heavy atom. The number of para-hydroxylation sites is 1. The van der Waals surface area contributed by atoms with E-state index < -0.39 is 0 Å². The van der Waals surface area contributed by atoms with E-state index >= 15 is 0 Å². The SMILES string of the molecule is CCc1cccc(CC)c1N1CCC(C2CCN(c3ccc(C)cc3)CC2)CC1. The number of hydrogen-bond donors (Lipinski definition) is 0. The largest absolute Gasteiger partial charge is 0.372 e. The Bertz CT molecular complexity index is 756. The predicted molar refractivity (Wildman–Crippen MR) is 126 cm³/mol. The van der Waals surface area contributed by atoms with Crippen LogP contribution < -0.4 is 9.80 Å². The van der Waals surface area contributed by atoms with Crippen molar-refractivity contribution in [2.45, 2.75) is 59.3 Å². The molecule has 2 aliphatic rings. The second kappa shape index (κ2) is 9.24. The lowest BCUT2D eigenvalue weighted by Gasteiger charge is -2.42. The first-order valence-corrected chi connectivity index (χ1v) is 11.9. The third-order valence-corrected chi connectivity index (χ3v) is 7.43. The van der Waals surface area contributed by atoms with Gasteiger partial charge in [-0.25, -0.2) is 0 Å². The topological polar surface area (TPSA) is 6.48 Å². The van der Waals surface area contributed by atoms with Crippen LogP contribution in [0.3, 0.4) is 0 Å². The van der Waals surface area contributed by atoms with Crippen molar-refractivity contribution in [1.29, 1.82) is 0 Å². The van der Waals surface area contributed by atoms with Gasteiger partial charge in [-0.1, -0.05) is 49.7 Å². The molecule has 0 bridgehead atoms. The molecule has 0 unspecified atom stereocenters. The summed E-state index contributed by atoms with van der Waals surface area (Å²) in [6.07, 6.45) is 7.75. The Hall–Kier alpha value is -1.96. The Labute approximate surface area is 177 Å². The zero-order chi connectivity index (χ0) is 20.2. The molecule has 2 nitrogen and oxygen atoms in total. The molecule has 2 aromatic carbocycles. The number of piperidine rings is 2. The highest BCUT2D eigenvalue weighted by Crippen LogP contribution is 2.37. The van der Waals surface area contributed by atoms with Crippen molar-refractivity contribution in [2.24, 2.45) is 11.8 Å². The molecule has 0 amide bonds. The average molecular weight is 391 g/mol. The summed E-state index contributed by atoms with van der Waals surface area (Å²) in [5, 5.41) is 0. The molecule has 2 heteroatoms. The van der Waals surface area contributed by atoms with Crippen molar-refractivity contribution in [3.05, 3.63) is 59.2 Å². The molecular formula is C27H38N2. The molecule has 2 aliphatic heterocycles. The molecule has 2 fully saturated rings. The number of anilines is 2. The van der Waals surface area contributed by atoms with Gasteiger partial charge in [-0.05, 0) is 80.5 Å². The van der Waals surface area contributed by atoms with Gasteiger partial charge in [0, 0.05) is 37.6 Å². The van der Waals surface area contributed by atoms with E-state index in [0.717, 1.165) is 24.7 Å². The lowest BCUT2D eigenvalue weighted by Crippen LogP contribution is -2.41. The molecule has 2 aromatic rings. The summed E-state index contributed by atoms with van der Waals surface area (Å²) >= 11 is 0. The molecule has 2 heterocycles. The molecule has 0 saturated carbocycles. The summed E-state index contributed by atoms with van der Waals surface area (Å²) in [6, 6.07) is 16.0. The standard InChI is InChI=1S/C27H38N2/c1-4-22-7-6-8-23(5-2)27(22)29-19-15-25(16-20-29)24-13-17-28(18-14-24)26-11-9-21(3)10-12-26/h6-12,24-25H,4-5,13-20H2,1-3H3. The molecule has 4 rings (SSSR count). The van der Waals surface area contributed by atoms with Gasteiger partial charge in [-0.3, -0.25) is 0 Å². The maximum atomic E-state index is 2.70. The second-order valence-electron chi connectivity index (χ2n) is 9.12. The minimum atomic E-state index is 0.922. The fourth-order valence-electron chi connectivity index (χ4n) is 5.60. The molecule has 2 saturated heterocycles. The third kappa shape index (κ3) is 4.47. The lowest BCUT2D eigenvalue weighted by atomic mass is 9.78. The number of benzene rings is 2. The maximum Gasteiger partial charge on any atom is 0.0431 e. The Balaban J connectivity index is 1.33. The van der Waals surface area contributed by atoms with Crippen molar-refractivity contribution < 1.29 is 0 Å². The van der Waals surface area contributed by atoms with E-state index in [9.17, 15) is 0 Å². The average Bonchev–Trinajstić information content (AvgIpc) is 2.79. The summed E-state index contributed by atoms with van der Waals surface area (Å²) < 4.78 is 0. The minimum Gasteiger partial charge on any atom is -0.372 e. The first-order valence-electron chi connectivity index (χ1n) is 11.9. The molecule has 0 aromatic heterocycles. The van der Waals surface area contributed by atoms with Gasteiger partial charge < -0.3 is 9.80 Å². The normalized spacial score (nSPS) is 19.0. The van der Waals surface area contributed by atoms with Crippen molar-refractivity contribution in [2.75, 3.05) is 36.0 Å². The zero-order valence-corrected chi connectivity index (χ0v) is 18.7. The fraction of sp³-hybridized carbons (Fsp3) is 0.556. The van der Waals surface area contributed by atoms with Crippen LogP contribution in [0, 0.1) is 18.8 Å². The highest BCUT2D eigenvalue weighted by atomic mass is 15.1. The van der Waals surface area contributed by atoms with E-state index in [1.54, 1.807) is 5.69 Å². The van der Waals surface area contributed by atoms with Crippen LogP contribution in [0.5, 0.6) is 0 Å². The highest BCUT2D eigenvalue weighted by molar-refractivity contribution is 5.60. The van der Waals surface area contributed by atoms with Gasteiger partial charge in [0.15, 0.2) is 0 Å². The fourth-order valence-corrected chi connectivity index (χ4v) is 5.60.